The molecule has 1 aromatic heterocycles. The standard InChI is InChI=1S/C8H3BrFNO3/c9-3-1-4-6(5(10)2-3)11-8(13)14-7(4)12/h1-2H,(H,11,13). The second-order valence-electron chi connectivity index (χ2n) is 2.61. The number of benzene rings is 1. The molecule has 0 saturated heterocycles. The van der Waals surface area contributed by atoms with Crippen LogP contribution in [0.15, 0.2) is 30.6 Å². The maximum atomic E-state index is 13.2. The van der Waals surface area contributed by atoms with Gasteiger partial charge in [-0.15, -0.1) is 0 Å². The van der Waals surface area contributed by atoms with Gasteiger partial charge in [0, 0.05) is 4.47 Å². The predicted octanol–water partition coefficient (Wildman–Crippen LogP) is 1.38. The third-order valence-corrected chi connectivity index (χ3v) is 2.15. The number of hydrogen-bond acceptors (Lipinski definition) is 3. The Labute approximate surface area is 84.5 Å². The quantitative estimate of drug-likeness (QED) is 0.778. The first-order valence-corrected chi connectivity index (χ1v) is 4.39. The van der Waals surface area contributed by atoms with Gasteiger partial charge < -0.3 is 4.42 Å². The largest absolute Gasteiger partial charge is 0.419 e. The van der Waals surface area contributed by atoms with E-state index in [2.05, 4.69) is 25.3 Å². The highest BCUT2D eigenvalue weighted by Gasteiger charge is 2.08. The normalized spacial score (nSPS) is 10.7. The van der Waals surface area contributed by atoms with E-state index in [-0.39, 0.29) is 10.9 Å². The van der Waals surface area contributed by atoms with Crippen LogP contribution in [0.1, 0.15) is 0 Å². The Balaban J connectivity index is 3.10. The van der Waals surface area contributed by atoms with Gasteiger partial charge in [-0.3, -0.25) is 4.98 Å². The summed E-state index contributed by atoms with van der Waals surface area (Å²) in [5, 5.41) is -0.00326. The van der Waals surface area contributed by atoms with Crippen LogP contribution in [-0.2, 0) is 0 Å². The van der Waals surface area contributed by atoms with Crippen molar-refractivity contribution < 1.29 is 8.81 Å². The average molecular weight is 260 g/mol. The van der Waals surface area contributed by atoms with Crippen LogP contribution in [0.4, 0.5) is 4.39 Å². The van der Waals surface area contributed by atoms with E-state index >= 15 is 0 Å². The number of fused-ring (bicyclic) bond motifs is 1. The van der Waals surface area contributed by atoms with Crippen molar-refractivity contribution in [1.82, 2.24) is 4.98 Å². The Morgan fingerprint density at radius 3 is 2.79 bits per heavy atom. The first-order chi connectivity index (χ1) is 6.58. The van der Waals surface area contributed by atoms with Crippen LogP contribution in [0.25, 0.3) is 10.9 Å². The summed E-state index contributed by atoms with van der Waals surface area (Å²) in [6, 6.07) is 2.53. The molecule has 0 bridgehead atoms. The van der Waals surface area contributed by atoms with Gasteiger partial charge >= 0.3 is 11.4 Å². The maximum Gasteiger partial charge on any atom is 0.419 e. The lowest BCUT2D eigenvalue weighted by Crippen LogP contribution is -2.15. The van der Waals surface area contributed by atoms with Gasteiger partial charge in [0.1, 0.15) is 5.82 Å². The number of aromatic nitrogens is 1. The third-order valence-electron chi connectivity index (χ3n) is 1.69. The minimum Gasteiger partial charge on any atom is -0.372 e. The molecule has 0 aliphatic heterocycles. The molecule has 1 heterocycles. The highest BCUT2D eigenvalue weighted by molar-refractivity contribution is 9.10. The van der Waals surface area contributed by atoms with Crippen molar-refractivity contribution in [2.24, 2.45) is 0 Å². The summed E-state index contributed by atoms with van der Waals surface area (Å²) in [7, 11) is 0. The number of halogens is 2. The summed E-state index contributed by atoms with van der Waals surface area (Å²) in [4.78, 5) is 24.0. The minimum absolute atomic E-state index is 0.00326. The van der Waals surface area contributed by atoms with Crippen LogP contribution in [0, 0.1) is 5.82 Å². The summed E-state index contributed by atoms with van der Waals surface area (Å²) in [6.45, 7) is 0. The first-order valence-electron chi connectivity index (χ1n) is 3.60. The zero-order valence-electron chi connectivity index (χ0n) is 6.64. The molecule has 0 spiro atoms. The number of aromatic amines is 1. The molecule has 0 atom stereocenters. The second kappa shape index (κ2) is 3.06. The molecule has 0 radical (unpaired) electrons. The van der Waals surface area contributed by atoms with Gasteiger partial charge in [0.25, 0.3) is 0 Å². The maximum absolute atomic E-state index is 13.2. The Morgan fingerprint density at radius 1 is 1.36 bits per heavy atom. The third kappa shape index (κ3) is 1.37. The topological polar surface area (TPSA) is 63.1 Å². The Bertz CT molecular complexity index is 616. The van der Waals surface area contributed by atoms with Crippen molar-refractivity contribution in [3.63, 3.8) is 0 Å². The van der Waals surface area contributed by atoms with E-state index in [1.54, 1.807) is 0 Å². The Morgan fingerprint density at radius 2 is 2.07 bits per heavy atom. The van der Waals surface area contributed by atoms with Crippen LogP contribution < -0.4 is 11.4 Å². The van der Waals surface area contributed by atoms with Crippen molar-refractivity contribution in [2.45, 2.75) is 0 Å². The lowest BCUT2D eigenvalue weighted by Gasteiger charge is -1.97. The molecule has 0 aliphatic carbocycles. The van der Waals surface area contributed by atoms with Crippen molar-refractivity contribution in [3.8, 4) is 0 Å². The zero-order chi connectivity index (χ0) is 10.3. The molecular formula is C8H3BrFNO3. The molecular weight excluding hydrogens is 257 g/mol. The fraction of sp³-hybridized carbons (Fsp3) is 0. The lowest BCUT2D eigenvalue weighted by atomic mass is 10.2. The van der Waals surface area contributed by atoms with E-state index in [4.69, 9.17) is 0 Å². The minimum atomic E-state index is -0.969. The van der Waals surface area contributed by atoms with Crippen LogP contribution in [0.3, 0.4) is 0 Å². The monoisotopic (exact) mass is 259 g/mol. The molecule has 2 aromatic rings. The van der Waals surface area contributed by atoms with Crippen LogP contribution in [0.5, 0.6) is 0 Å². The fourth-order valence-corrected chi connectivity index (χ4v) is 1.56. The van der Waals surface area contributed by atoms with E-state index < -0.39 is 17.2 Å². The van der Waals surface area contributed by atoms with Gasteiger partial charge in [0.05, 0.1) is 10.9 Å². The van der Waals surface area contributed by atoms with E-state index in [0.29, 0.717) is 4.47 Å². The summed E-state index contributed by atoms with van der Waals surface area (Å²) in [5.74, 6) is -1.65. The first kappa shape index (κ1) is 9.14. The van der Waals surface area contributed by atoms with Gasteiger partial charge in [-0.1, -0.05) is 15.9 Å². The molecule has 14 heavy (non-hydrogen) atoms. The van der Waals surface area contributed by atoms with Crippen LogP contribution >= 0.6 is 15.9 Å². The highest BCUT2D eigenvalue weighted by Crippen LogP contribution is 2.18. The molecule has 0 unspecified atom stereocenters. The number of hydrogen-bond donors (Lipinski definition) is 1. The van der Waals surface area contributed by atoms with E-state index in [0.717, 1.165) is 6.07 Å². The number of rotatable bonds is 0. The van der Waals surface area contributed by atoms with Gasteiger partial charge in [-0.2, -0.15) is 0 Å². The van der Waals surface area contributed by atoms with Crippen molar-refractivity contribution >= 4 is 26.8 Å². The molecule has 0 aliphatic rings. The van der Waals surface area contributed by atoms with E-state index in [9.17, 15) is 14.0 Å². The van der Waals surface area contributed by atoms with Gasteiger partial charge in [0.2, 0.25) is 0 Å². The fourth-order valence-electron chi connectivity index (χ4n) is 1.13. The molecule has 1 N–H and O–H groups in total. The van der Waals surface area contributed by atoms with Crippen LogP contribution in [0.2, 0.25) is 0 Å². The predicted molar refractivity (Wildman–Crippen MR) is 50.8 cm³/mol. The van der Waals surface area contributed by atoms with Crippen molar-refractivity contribution in [2.75, 3.05) is 0 Å². The lowest BCUT2D eigenvalue weighted by molar-refractivity contribution is 0.458. The van der Waals surface area contributed by atoms with Gasteiger partial charge in [-0.25, -0.2) is 14.0 Å². The summed E-state index contributed by atoms with van der Waals surface area (Å²) in [5.41, 5.74) is -1.00. The number of H-pyrrole nitrogens is 1. The highest BCUT2D eigenvalue weighted by atomic mass is 79.9. The molecule has 4 nitrogen and oxygen atoms in total. The average Bonchev–Trinajstić information content (AvgIpc) is 2.07. The molecule has 72 valence electrons. The molecule has 1 aromatic carbocycles. The summed E-state index contributed by atoms with van der Waals surface area (Å²) < 4.78 is 17.9. The Kier molecular flexibility index (Phi) is 1.99. The van der Waals surface area contributed by atoms with Crippen molar-refractivity contribution in [3.05, 3.63) is 43.4 Å². The second-order valence-corrected chi connectivity index (χ2v) is 3.53. The van der Waals surface area contributed by atoms with E-state index in [1.165, 1.54) is 6.07 Å². The molecule has 0 fully saturated rings. The van der Waals surface area contributed by atoms with Crippen LogP contribution in [-0.4, -0.2) is 4.98 Å². The smallest absolute Gasteiger partial charge is 0.372 e. The molecule has 2 rings (SSSR count). The SMILES string of the molecule is O=c1[nH]c2c(F)cc(Br)cc2c(=O)o1. The zero-order valence-corrected chi connectivity index (χ0v) is 8.22. The molecule has 0 amide bonds. The molecule has 0 saturated carbocycles. The van der Waals surface area contributed by atoms with Crippen molar-refractivity contribution in [1.29, 1.82) is 0 Å². The Hall–Kier alpha value is -1.43. The molecule has 6 heteroatoms. The van der Waals surface area contributed by atoms with E-state index in [1.807, 2.05) is 0 Å². The summed E-state index contributed by atoms with van der Waals surface area (Å²) >= 11 is 3.02. The number of nitrogens with one attached hydrogen (secondary N) is 1. The van der Waals surface area contributed by atoms with Gasteiger partial charge in [-0.05, 0) is 12.1 Å². The summed E-state index contributed by atoms with van der Waals surface area (Å²) in [6.07, 6.45) is 0. The van der Waals surface area contributed by atoms with Gasteiger partial charge in [0.15, 0.2) is 0 Å².